The number of hydrogen-bond donors (Lipinski definition) is 1. The quantitative estimate of drug-likeness (QED) is 0.718. The minimum absolute atomic E-state index is 0.149. The van der Waals surface area contributed by atoms with Gasteiger partial charge in [-0.05, 0) is 44.2 Å². The van der Waals surface area contributed by atoms with Gasteiger partial charge in [0.25, 0.3) is 11.5 Å². The highest BCUT2D eigenvalue weighted by Gasteiger charge is 2.16. The summed E-state index contributed by atoms with van der Waals surface area (Å²) in [7, 11) is 1.50. The van der Waals surface area contributed by atoms with Gasteiger partial charge in [-0.25, -0.2) is 9.48 Å². The van der Waals surface area contributed by atoms with Crippen molar-refractivity contribution in [2.24, 2.45) is 7.05 Å². The zero-order valence-electron chi connectivity index (χ0n) is 15.2. The Bertz CT molecular complexity index is 1070. The average molecular weight is 365 g/mol. The van der Waals surface area contributed by atoms with Crippen molar-refractivity contribution in [2.75, 3.05) is 5.32 Å². The zero-order chi connectivity index (χ0) is 19.6. The van der Waals surface area contributed by atoms with Gasteiger partial charge in [-0.1, -0.05) is 18.2 Å². The first-order valence-corrected chi connectivity index (χ1v) is 8.45. The van der Waals surface area contributed by atoms with Crippen molar-refractivity contribution >= 4 is 28.3 Å². The van der Waals surface area contributed by atoms with Gasteiger partial charge < -0.3 is 10.1 Å². The van der Waals surface area contributed by atoms with E-state index in [1.54, 1.807) is 62.4 Å². The third kappa shape index (κ3) is 3.87. The van der Waals surface area contributed by atoms with Crippen LogP contribution in [0.25, 0.3) is 10.8 Å². The molecule has 1 amide bonds. The summed E-state index contributed by atoms with van der Waals surface area (Å²) in [6.45, 7) is 3.55. The third-order valence-corrected chi connectivity index (χ3v) is 3.89. The molecule has 1 heterocycles. The molecule has 27 heavy (non-hydrogen) atoms. The number of nitrogens with zero attached hydrogens (tertiary/aromatic N) is 2. The summed E-state index contributed by atoms with van der Waals surface area (Å²) in [5.41, 5.74) is 0.777. The number of rotatable bonds is 4. The number of fused-ring (bicyclic) bond motifs is 1. The largest absolute Gasteiger partial charge is 0.459 e. The maximum Gasteiger partial charge on any atom is 0.338 e. The van der Waals surface area contributed by atoms with E-state index in [-0.39, 0.29) is 17.4 Å². The van der Waals surface area contributed by atoms with Crippen molar-refractivity contribution in [3.05, 3.63) is 70.1 Å². The molecule has 1 aromatic heterocycles. The van der Waals surface area contributed by atoms with Crippen LogP contribution >= 0.6 is 0 Å². The van der Waals surface area contributed by atoms with Crippen LogP contribution in [0.2, 0.25) is 0 Å². The summed E-state index contributed by atoms with van der Waals surface area (Å²) in [6.07, 6.45) is -0.207. The second kappa shape index (κ2) is 7.41. The minimum Gasteiger partial charge on any atom is -0.459 e. The van der Waals surface area contributed by atoms with Crippen molar-refractivity contribution in [2.45, 2.75) is 20.0 Å². The Hall–Kier alpha value is -3.48. The molecule has 0 unspecified atom stereocenters. The minimum atomic E-state index is -0.445. The highest BCUT2D eigenvalue weighted by molar-refractivity contribution is 6.11. The summed E-state index contributed by atoms with van der Waals surface area (Å²) in [5, 5.41) is 7.73. The fraction of sp³-hybridized carbons (Fsp3) is 0.200. The molecule has 0 atom stereocenters. The van der Waals surface area contributed by atoms with E-state index in [2.05, 4.69) is 10.4 Å². The lowest BCUT2D eigenvalue weighted by Crippen LogP contribution is -2.25. The molecule has 0 aliphatic carbocycles. The highest BCUT2D eigenvalue weighted by atomic mass is 16.5. The van der Waals surface area contributed by atoms with Gasteiger partial charge in [0, 0.05) is 18.1 Å². The molecule has 7 heteroatoms. The second-order valence-corrected chi connectivity index (χ2v) is 6.31. The molecular weight excluding hydrogens is 346 g/mol. The van der Waals surface area contributed by atoms with E-state index in [1.807, 2.05) is 0 Å². The topological polar surface area (TPSA) is 90.3 Å². The molecule has 7 nitrogen and oxygen atoms in total. The lowest BCUT2D eigenvalue weighted by atomic mass is 10.1. The average Bonchev–Trinajstić information content (AvgIpc) is 2.64. The number of amides is 1. The molecule has 2 aromatic carbocycles. The number of ether oxygens (including phenoxy) is 1. The molecule has 0 aliphatic rings. The summed E-state index contributed by atoms with van der Waals surface area (Å²) in [6, 6.07) is 13.2. The van der Waals surface area contributed by atoms with Crippen LogP contribution in [-0.2, 0) is 11.8 Å². The molecule has 0 saturated carbocycles. The van der Waals surface area contributed by atoms with Crippen LogP contribution in [-0.4, -0.2) is 27.8 Å². The summed E-state index contributed by atoms with van der Waals surface area (Å²) in [4.78, 5) is 36.7. The lowest BCUT2D eigenvalue weighted by Gasteiger charge is -2.10. The van der Waals surface area contributed by atoms with Crippen molar-refractivity contribution in [3.8, 4) is 0 Å². The van der Waals surface area contributed by atoms with Crippen molar-refractivity contribution in [1.29, 1.82) is 0 Å². The van der Waals surface area contributed by atoms with Gasteiger partial charge in [0.2, 0.25) is 0 Å². The normalized spacial score (nSPS) is 10.8. The van der Waals surface area contributed by atoms with Gasteiger partial charge in [0.05, 0.1) is 17.1 Å². The summed E-state index contributed by atoms with van der Waals surface area (Å²) >= 11 is 0. The number of aromatic nitrogens is 2. The predicted octanol–water partition coefficient (Wildman–Crippen LogP) is 2.75. The van der Waals surface area contributed by atoms with E-state index >= 15 is 0 Å². The smallest absolute Gasteiger partial charge is 0.338 e. The Morgan fingerprint density at radius 3 is 2.30 bits per heavy atom. The van der Waals surface area contributed by atoms with E-state index in [9.17, 15) is 14.4 Å². The van der Waals surface area contributed by atoms with Crippen LogP contribution in [0.15, 0.2) is 53.3 Å². The fourth-order valence-corrected chi connectivity index (χ4v) is 2.63. The van der Waals surface area contributed by atoms with E-state index in [1.165, 1.54) is 7.05 Å². The molecule has 0 saturated heterocycles. The Labute approximate surface area is 155 Å². The molecule has 0 radical (unpaired) electrons. The molecule has 1 N–H and O–H groups in total. The Morgan fingerprint density at radius 2 is 1.67 bits per heavy atom. The first-order chi connectivity index (χ1) is 12.9. The molecule has 3 aromatic rings. The van der Waals surface area contributed by atoms with Crippen LogP contribution < -0.4 is 10.9 Å². The van der Waals surface area contributed by atoms with Crippen LogP contribution in [0, 0.1) is 0 Å². The number of hydrogen-bond acceptors (Lipinski definition) is 5. The van der Waals surface area contributed by atoms with Crippen molar-refractivity contribution in [1.82, 2.24) is 9.78 Å². The SMILES string of the molecule is CC(C)OC(=O)c1ccc(NC(=O)c2nn(C)c(=O)c3ccccc23)cc1. The van der Waals surface area contributed by atoms with E-state index < -0.39 is 11.9 Å². The molecule has 0 fully saturated rings. The van der Waals surface area contributed by atoms with Gasteiger partial charge in [-0.15, -0.1) is 0 Å². The maximum absolute atomic E-state index is 12.7. The Kier molecular flexibility index (Phi) is 5.03. The summed E-state index contributed by atoms with van der Waals surface area (Å²) in [5.74, 6) is -0.868. The van der Waals surface area contributed by atoms with E-state index in [4.69, 9.17) is 4.74 Å². The van der Waals surface area contributed by atoms with Crippen molar-refractivity contribution < 1.29 is 14.3 Å². The van der Waals surface area contributed by atoms with Gasteiger partial charge in [0.1, 0.15) is 0 Å². The Balaban J connectivity index is 1.86. The van der Waals surface area contributed by atoms with Gasteiger partial charge in [0.15, 0.2) is 5.69 Å². The standard InChI is InChI=1S/C20H19N3O4/c1-12(2)27-20(26)13-8-10-14(11-9-13)21-18(24)17-15-6-4-5-7-16(15)19(25)23(3)22-17/h4-12H,1-3H3,(H,21,24). The monoisotopic (exact) mass is 365 g/mol. The van der Waals surface area contributed by atoms with Crippen molar-refractivity contribution in [3.63, 3.8) is 0 Å². The molecule has 3 rings (SSSR count). The van der Waals surface area contributed by atoms with E-state index in [0.29, 0.717) is 22.0 Å². The first kappa shape index (κ1) is 18.3. The second-order valence-electron chi connectivity index (χ2n) is 6.31. The number of benzene rings is 2. The molecule has 0 aliphatic heterocycles. The third-order valence-electron chi connectivity index (χ3n) is 3.89. The highest BCUT2D eigenvalue weighted by Crippen LogP contribution is 2.16. The van der Waals surface area contributed by atoms with Gasteiger partial charge in [-0.2, -0.15) is 5.10 Å². The number of esters is 1. The fourth-order valence-electron chi connectivity index (χ4n) is 2.63. The zero-order valence-corrected chi connectivity index (χ0v) is 15.2. The lowest BCUT2D eigenvalue weighted by molar-refractivity contribution is 0.0378. The number of anilines is 1. The van der Waals surface area contributed by atoms with Crippen LogP contribution in [0.1, 0.15) is 34.7 Å². The molecular formula is C20H19N3O4. The number of carbonyl (C=O) groups excluding carboxylic acids is 2. The Morgan fingerprint density at radius 1 is 1.04 bits per heavy atom. The number of carbonyl (C=O) groups is 2. The van der Waals surface area contributed by atoms with Crippen LogP contribution in [0.4, 0.5) is 5.69 Å². The molecule has 0 spiro atoms. The van der Waals surface area contributed by atoms with Gasteiger partial charge in [-0.3, -0.25) is 9.59 Å². The van der Waals surface area contributed by atoms with Gasteiger partial charge >= 0.3 is 5.97 Å². The maximum atomic E-state index is 12.7. The summed E-state index contributed by atoms with van der Waals surface area (Å²) < 4.78 is 6.27. The van der Waals surface area contributed by atoms with Crippen LogP contribution in [0.5, 0.6) is 0 Å². The predicted molar refractivity (Wildman–Crippen MR) is 102 cm³/mol. The van der Waals surface area contributed by atoms with E-state index in [0.717, 1.165) is 4.68 Å². The molecule has 0 bridgehead atoms. The first-order valence-electron chi connectivity index (χ1n) is 8.45. The van der Waals surface area contributed by atoms with Crippen LogP contribution in [0.3, 0.4) is 0 Å². The molecule has 138 valence electrons. The number of nitrogens with one attached hydrogen (secondary N) is 1. The number of aryl methyl sites for hydroxylation is 1.